The fourth-order valence-corrected chi connectivity index (χ4v) is 1.24. The molecule has 0 saturated carbocycles. The Balaban J connectivity index is 3.05. The third kappa shape index (κ3) is 1.64. The smallest absolute Gasteiger partial charge is 0.235 e. The van der Waals surface area contributed by atoms with E-state index in [1.165, 1.54) is 0 Å². The molecule has 1 rings (SSSR count). The Bertz CT molecular complexity index is 301. The van der Waals surface area contributed by atoms with Crippen LogP contribution in [0.5, 0.6) is 0 Å². The van der Waals surface area contributed by atoms with Crippen molar-refractivity contribution in [2.75, 3.05) is 0 Å². The molecule has 66 valence electrons. The van der Waals surface area contributed by atoms with Crippen molar-refractivity contribution >= 4 is 18.8 Å². The van der Waals surface area contributed by atoms with Crippen molar-refractivity contribution in [3.05, 3.63) is 11.9 Å². The fourth-order valence-electron chi connectivity index (χ4n) is 0.926. The lowest BCUT2D eigenvalue weighted by Crippen LogP contribution is -2.30. The van der Waals surface area contributed by atoms with E-state index in [1.54, 1.807) is 4.68 Å². The van der Waals surface area contributed by atoms with Crippen LogP contribution in [0.3, 0.4) is 0 Å². The molecule has 0 radical (unpaired) electrons. The monoisotopic (exact) mass is 183 g/mol. The topological polar surface area (TPSA) is 21.7 Å². The molecule has 1 aromatic rings. The first-order chi connectivity index (χ1) is 5.66. The molecule has 4 heteroatoms. The maximum atomic E-state index is 5.05. The van der Waals surface area contributed by atoms with Crippen molar-refractivity contribution < 1.29 is 4.57 Å². The molecule has 0 bridgehead atoms. The molecule has 0 fully saturated rings. The van der Waals surface area contributed by atoms with Crippen LogP contribution in [-0.4, -0.2) is 9.78 Å². The SMILES string of the molecule is CCC=C[n+]1c([S-])nn(C)c1C. The van der Waals surface area contributed by atoms with Crippen LogP contribution in [0.2, 0.25) is 0 Å². The number of hydrogen-bond acceptors (Lipinski definition) is 2. The first kappa shape index (κ1) is 9.19. The summed E-state index contributed by atoms with van der Waals surface area (Å²) in [5.74, 6) is 1.05. The number of aryl methyl sites for hydroxylation is 1. The van der Waals surface area contributed by atoms with Crippen LogP contribution in [0.1, 0.15) is 19.2 Å². The maximum Gasteiger partial charge on any atom is 0.235 e. The second-order valence-corrected chi connectivity index (χ2v) is 2.98. The predicted molar refractivity (Wildman–Crippen MR) is 49.4 cm³/mol. The molecule has 12 heavy (non-hydrogen) atoms. The van der Waals surface area contributed by atoms with Crippen LogP contribution in [-0.2, 0) is 19.7 Å². The first-order valence-corrected chi connectivity index (χ1v) is 4.36. The van der Waals surface area contributed by atoms with Gasteiger partial charge >= 0.3 is 0 Å². The second kappa shape index (κ2) is 3.67. The van der Waals surface area contributed by atoms with Gasteiger partial charge in [-0.1, -0.05) is 13.0 Å². The molecule has 0 unspecified atom stereocenters. The zero-order valence-electron chi connectivity index (χ0n) is 7.61. The van der Waals surface area contributed by atoms with Gasteiger partial charge in [-0.15, -0.1) is 4.68 Å². The number of rotatable bonds is 2. The molecule has 1 heterocycles. The summed E-state index contributed by atoms with van der Waals surface area (Å²) in [4.78, 5) is 0. The summed E-state index contributed by atoms with van der Waals surface area (Å²) in [7, 11) is 1.89. The summed E-state index contributed by atoms with van der Waals surface area (Å²) in [5.41, 5.74) is 0. The number of allylic oxidation sites excluding steroid dienone is 1. The second-order valence-electron chi connectivity index (χ2n) is 2.62. The molecule has 0 spiro atoms. The molecule has 0 aliphatic carbocycles. The van der Waals surface area contributed by atoms with Gasteiger partial charge in [0.1, 0.15) is 0 Å². The number of nitrogens with zero attached hydrogens (tertiary/aromatic N) is 3. The lowest BCUT2D eigenvalue weighted by molar-refractivity contribution is -0.617. The van der Waals surface area contributed by atoms with Crippen LogP contribution in [0.4, 0.5) is 0 Å². The van der Waals surface area contributed by atoms with Crippen molar-refractivity contribution in [1.29, 1.82) is 0 Å². The van der Waals surface area contributed by atoms with Crippen molar-refractivity contribution in [3.63, 3.8) is 0 Å². The summed E-state index contributed by atoms with van der Waals surface area (Å²) in [5, 5.41) is 4.72. The van der Waals surface area contributed by atoms with Crippen molar-refractivity contribution in [3.8, 4) is 0 Å². The van der Waals surface area contributed by atoms with E-state index in [0.29, 0.717) is 5.16 Å². The van der Waals surface area contributed by atoms with E-state index < -0.39 is 0 Å². The van der Waals surface area contributed by atoms with E-state index in [1.807, 2.05) is 24.7 Å². The molecule has 3 nitrogen and oxygen atoms in total. The zero-order chi connectivity index (χ0) is 9.14. The molecule has 0 aromatic carbocycles. The van der Waals surface area contributed by atoms with Crippen LogP contribution in [0, 0.1) is 6.92 Å². The molecule has 0 aliphatic heterocycles. The normalized spacial score (nSPS) is 11.2. The molecule has 0 N–H and O–H groups in total. The summed E-state index contributed by atoms with van der Waals surface area (Å²) in [6.45, 7) is 4.08. The molecule has 0 aliphatic rings. The highest BCUT2D eigenvalue weighted by atomic mass is 32.1. The molecular formula is C8H13N3S. The predicted octanol–water partition coefficient (Wildman–Crippen LogP) is 0.803. The molecule has 1 aromatic heterocycles. The van der Waals surface area contributed by atoms with Crippen LogP contribution in [0.25, 0.3) is 6.20 Å². The zero-order valence-corrected chi connectivity index (χ0v) is 8.43. The van der Waals surface area contributed by atoms with Crippen LogP contribution in [0.15, 0.2) is 11.2 Å². The van der Waals surface area contributed by atoms with Crippen LogP contribution >= 0.6 is 0 Å². The average Bonchev–Trinajstić information content (AvgIpc) is 2.25. The highest BCUT2D eigenvalue weighted by Gasteiger charge is 2.08. The summed E-state index contributed by atoms with van der Waals surface area (Å²) < 4.78 is 3.68. The molecule has 0 amide bonds. The third-order valence-corrected chi connectivity index (χ3v) is 2.03. The van der Waals surface area contributed by atoms with Gasteiger partial charge < -0.3 is 12.6 Å². The Hall–Kier alpha value is -0.900. The lowest BCUT2D eigenvalue weighted by Gasteiger charge is -1.95. The maximum absolute atomic E-state index is 5.05. The Morgan fingerprint density at radius 3 is 2.75 bits per heavy atom. The van der Waals surface area contributed by atoms with Gasteiger partial charge in [-0.3, -0.25) is 0 Å². The van der Waals surface area contributed by atoms with Crippen LogP contribution < -0.4 is 4.57 Å². The highest BCUT2D eigenvalue weighted by Crippen LogP contribution is 1.92. The number of aromatic nitrogens is 3. The largest absolute Gasteiger partial charge is 0.702 e. The highest BCUT2D eigenvalue weighted by molar-refractivity contribution is 7.58. The standard InChI is InChI=1S/C8H13N3S/c1-4-5-6-11-7(2)10(3)9-8(11)12/h5-6H,4H2,1-3H3. The van der Waals surface area contributed by atoms with E-state index in [-0.39, 0.29) is 0 Å². The minimum absolute atomic E-state index is 0.611. The van der Waals surface area contributed by atoms with Gasteiger partial charge in [-0.05, 0) is 6.42 Å². The summed E-state index contributed by atoms with van der Waals surface area (Å²) >= 11 is 5.05. The molecular weight excluding hydrogens is 170 g/mol. The van der Waals surface area contributed by atoms with Crippen molar-refractivity contribution in [1.82, 2.24) is 9.78 Å². The Morgan fingerprint density at radius 1 is 1.67 bits per heavy atom. The van der Waals surface area contributed by atoms with Crippen molar-refractivity contribution in [2.45, 2.75) is 25.4 Å². The van der Waals surface area contributed by atoms with Gasteiger partial charge in [0.25, 0.3) is 0 Å². The van der Waals surface area contributed by atoms with Crippen molar-refractivity contribution in [2.24, 2.45) is 7.05 Å². The minimum Gasteiger partial charge on any atom is -0.702 e. The minimum atomic E-state index is 0.611. The Kier molecular flexibility index (Phi) is 2.81. The number of hydrogen-bond donors (Lipinski definition) is 0. The fraction of sp³-hybridized carbons (Fsp3) is 0.500. The van der Waals surface area contributed by atoms with E-state index in [0.717, 1.165) is 12.2 Å². The summed E-state index contributed by atoms with van der Waals surface area (Å²) in [6, 6.07) is 0. The van der Waals surface area contributed by atoms with E-state index in [2.05, 4.69) is 18.1 Å². The van der Waals surface area contributed by atoms with E-state index in [9.17, 15) is 0 Å². The summed E-state index contributed by atoms with van der Waals surface area (Å²) in [6.07, 6.45) is 5.03. The Morgan fingerprint density at radius 2 is 2.33 bits per heavy atom. The molecule has 0 saturated heterocycles. The van der Waals surface area contributed by atoms with Gasteiger partial charge in [0.15, 0.2) is 5.16 Å². The van der Waals surface area contributed by atoms with Gasteiger partial charge in [0.05, 0.1) is 13.2 Å². The quantitative estimate of drug-likeness (QED) is 0.500. The molecule has 0 atom stereocenters. The van der Waals surface area contributed by atoms with Gasteiger partial charge in [-0.2, -0.15) is 0 Å². The van der Waals surface area contributed by atoms with E-state index in [4.69, 9.17) is 12.6 Å². The average molecular weight is 183 g/mol. The Labute approximate surface area is 78.1 Å². The first-order valence-electron chi connectivity index (χ1n) is 3.95. The van der Waals surface area contributed by atoms with Gasteiger partial charge in [0, 0.05) is 12.0 Å². The van der Waals surface area contributed by atoms with Gasteiger partial charge in [-0.25, -0.2) is 4.57 Å². The van der Waals surface area contributed by atoms with E-state index >= 15 is 0 Å². The van der Waals surface area contributed by atoms with Gasteiger partial charge in [0.2, 0.25) is 5.82 Å². The third-order valence-electron chi connectivity index (χ3n) is 1.75. The lowest BCUT2D eigenvalue weighted by atomic mass is 10.5.